The lowest BCUT2D eigenvalue weighted by Crippen LogP contribution is -2.30. The Hall–Kier alpha value is -2.82. The number of esters is 1. The van der Waals surface area contributed by atoms with Crippen LogP contribution in [0.3, 0.4) is 0 Å². The molecule has 2 rings (SSSR count). The first-order valence-corrected chi connectivity index (χ1v) is 8.75. The van der Waals surface area contributed by atoms with Crippen LogP contribution in [0.2, 0.25) is 0 Å². The molecule has 2 aromatic rings. The molecule has 0 heterocycles. The van der Waals surface area contributed by atoms with Gasteiger partial charge in [0.2, 0.25) is 0 Å². The fourth-order valence-electron chi connectivity index (χ4n) is 2.21. The standard InChI is InChI=1S/C21H25NO4/c1-16(2)14-25-19-10-8-18(9-11-19)21(24)26-15-20(23)22-13-12-17-6-4-3-5-7-17/h3-11,16H,12-15H2,1-2H3,(H,22,23). The zero-order chi connectivity index (χ0) is 18.8. The average Bonchev–Trinajstić information content (AvgIpc) is 2.65. The second-order valence-corrected chi connectivity index (χ2v) is 6.39. The number of rotatable bonds is 9. The number of carbonyl (C=O) groups excluding carboxylic acids is 2. The topological polar surface area (TPSA) is 64.6 Å². The van der Waals surface area contributed by atoms with E-state index >= 15 is 0 Å². The highest BCUT2D eigenvalue weighted by Crippen LogP contribution is 2.14. The SMILES string of the molecule is CC(C)COc1ccc(C(=O)OCC(=O)NCCc2ccccc2)cc1. The second kappa shape index (κ2) is 10.2. The van der Waals surface area contributed by atoms with E-state index in [2.05, 4.69) is 19.2 Å². The summed E-state index contributed by atoms with van der Waals surface area (Å²) in [6.45, 7) is 4.96. The highest BCUT2D eigenvalue weighted by molar-refractivity contribution is 5.91. The van der Waals surface area contributed by atoms with Crippen LogP contribution in [0, 0.1) is 5.92 Å². The molecule has 1 N–H and O–H groups in total. The summed E-state index contributed by atoms with van der Waals surface area (Å²) in [5, 5.41) is 2.74. The normalized spacial score (nSPS) is 10.4. The Morgan fingerprint density at radius 2 is 1.69 bits per heavy atom. The zero-order valence-electron chi connectivity index (χ0n) is 15.2. The summed E-state index contributed by atoms with van der Waals surface area (Å²) >= 11 is 0. The molecule has 5 heteroatoms. The highest BCUT2D eigenvalue weighted by atomic mass is 16.5. The van der Waals surface area contributed by atoms with E-state index in [1.807, 2.05) is 30.3 Å². The van der Waals surface area contributed by atoms with Gasteiger partial charge in [0.05, 0.1) is 12.2 Å². The summed E-state index contributed by atoms with van der Waals surface area (Å²) in [5.74, 6) is 0.290. The number of hydrogen-bond donors (Lipinski definition) is 1. The summed E-state index contributed by atoms with van der Waals surface area (Å²) in [7, 11) is 0. The van der Waals surface area contributed by atoms with Crippen molar-refractivity contribution in [1.82, 2.24) is 5.32 Å². The fraction of sp³-hybridized carbons (Fsp3) is 0.333. The van der Waals surface area contributed by atoms with Crippen molar-refractivity contribution in [2.45, 2.75) is 20.3 Å². The Labute approximate surface area is 154 Å². The van der Waals surface area contributed by atoms with E-state index in [1.54, 1.807) is 24.3 Å². The van der Waals surface area contributed by atoms with Gasteiger partial charge < -0.3 is 14.8 Å². The second-order valence-electron chi connectivity index (χ2n) is 6.39. The summed E-state index contributed by atoms with van der Waals surface area (Å²) < 4.78 is 10.6. The predicted octanol–water partition coefficient (Wildman–Crippen LogP) is 3.24. The van der Waals surface area contributed by atoms with Gasteiger partial charge in [-0.3, -0.25) is 4.79 Å². The van der Waals surface area contributed by atoms with E-state index in [1.165, 1.54) is 0 Å². The monoisotopic (exact) mass is 355 g/mol. The van der Waals surface area contributed by atoms with E-state index in [0.717, 1.165) is 12.0 Å². The molecule has 0 fully saturated rings. The van der Waals surface area contributed by atoms with E-state index in [4.69, 9.17) is 9.47 Å². The lowest BCUT2D eigenvalue weighted by atomic mass is 10.1. The fourth-order valence-corrected chi connectivity index (χ4v) is 2.21. The molecule has 0 spiro atoms. The van der Waals surface area contributed by atoms with Gasteiger partial charge in [-0.05, 0) is 42.2 Å². The maximum atomic E-state index is 12.0. The van der Waals surface area contributed by atoms with Crippen LogP contribution < -0.4 is 10.1 Å². The number of amides is 1. The molecule has 0 radical (unpaired) electrons. The van der Waals surface area contributed by atoms with Crippen LogP contribution >= 0.6 is 0 Å². The summed E-state index contributed by atoms with van der Waals surface area (Å²) in [5.41, 5.74) is 1.53. The Morgan fingerprint density at radius 3 is 2.35 bits per heavy atom. The predicted molar refractivity (Wildman–Crippen MR) is 100 cm³/mol. The first-order valence-electron chi connectivity index (χ1n) is 8.75. The van der Waals surface area contributed by atoms with Gasteiger partial charge in [0.1, 0.15) is 5.75 Å². The van der Waals surface area contributed by atoms with Crippen LogP contribution in [0.15, 0.2) is 54.6 Å². The smallest absolute Gasteiger partial charge is 0.338 e. The number of carbonyl (C=O) groups is 2. The maximum absolute atomic E-state index is 12.0. The van der Waals surface area contributed by atoms with Gasteiger partial charge in [-0.1, -0.05) is 44.2 Å². The lowest BCUT2D eigenvalue weighted by molar-refractivity contribution is -0.124. The maximum Gasteiger partial charge on any atom is 0.338 e. The molecule has 0 bridgehead atoms. The minimum absolute atomic E-state index is 0.292. The molecule has 138 valence electrons. The van der Waals surface area contributed by atoms with Crippen LogP contribution in [0.1, 0.15) is 29.8 Å². The van der Waals surface area contributed by atoms with Crippen LogP contribution in [0.4, 0.5) is 0 Å². The number of benzene rings is 2. The molecule has 0 saturated heterocycles. The average molecular weight is 355 g/mol. The molecule has 5 nitrogen and oxygen atoms in total. The van der Waals surface area contributed by atoms with Crippen molar-refractivity contribution in [3.63, 3.8) is 0 Å². The first-order chi connectivity index (χ1) is 12.5. The van der Waals surface area contributed by atoms with Crippen molar-refractivity contribution < 1.29 is 19.1 Å². The third-order valence-electron chi connectivity index (χ3n) is 3.59. The van der Waals surface area contributed by atoms with Gasteiger partial charge in [0.25, 0.3) is 5.91 Å². The summed E-state index contributed by atoms with van der Waals surface area (Å²) in [4.78, 5) is 23.7. The van der Waals surface area contributed by atoms with Gasteiger partial charge in [0, 0.05) is 6.54 Å². The lowest BCUT2D eigenvalue weighted by Gasteiger charge is -2.09. The molecular weight excluding hydrogens is 330 g/mol. The third kappa shape index (κ3) is 6.97. The largest absolute Gasteiger partial charge is 0.493 e. The van der Waals surface area contributed by atoms with Gasteiger partial charge in [-0.25, -0.2) is 4.79 Å². The molecular formula is C21H25NO4. The van der Waals surface area contributed by atoms with Crippen molar-refractivity contribution in [2.24, 2.45) is 5.92 Å². The van der Waals surface area contributed by atoms with Crippen LogP contribution in [-0.2, 0) is 16.0 Å². The molecule has 2 aromatic carbocycles. The highest BCUT2D eigenvalue weighted by Gasteiger charge is 2.10. The van der Waals surface area contributed by atoms with Crippen molar-refractivity contribution in [3.8, 4) is 5.75 Å². The Balaban J connectivity index is 1.69. The number of nitrogens with one attached hydrogen (secondary N) is 1. The molecule has 0 atom stereocenters. The Kier molecular flexibility index (Phi) is 7.68. The van der Waals surface area contributed by atoms with Crippen molar-refractivity contribution in [2.75, 3.05) is 19.8 Å². The summed E-state index contributed by atoms with van der Waals surface area (Å²) in [6.07, 6.45) is 0.734. The first kappa shape index (κ1) is 19.5. The Bertz CT molecular complexity index is 696. The molecule has 0 aliphatic heterocycles. The van der Waals surface area contributed by atoms with Crippen molar-refractivity contribution in [3.05, 3.63) is 65.7 Å². The molecule has 0 saturated carbocycles. The minimum Gasteiger partial charge on any atom is -0.493 e. The molecule has 0 unspecified atom stereocenters. The van der Waals surface area contributed by atoms with E-state index in [-0.39, 0.29) is 12.5 Å². The van der Waals surface area contributed by atoms with Gasteiger partial charge in [-0.2, -0.15) is 0 Å². The van der Waals surface area contributed by atoms with Crippen molar-refractivity contribution >= 4 is 11.9 Å². The molecule has 1 amide bonds. The quantitative estimate of drug-likeness (QED) is 0.702. The number of hydrogen-bond acceptors (Lipinski definition) is 4. The van der Waals surface area contributed by atoms with Crippen LogP contribution in [0.25, 0.3) is 0 Å². The Morgan fingerprint density at radius 1 is 1.00 bits per heavy atom. The van der Waals surface area contributed by atoms with Crippen molar-refractivity contribution in [1.29, 1.82) is 0 Å². The van der Waals surface area contributed by atoms with Crippen LogP contribution in [-0.4, -0.2) is 31.6 Å². The van der Waals surface area contributed by atoms with E-state index in [0.29, 0.717) is 30.4 Å². The van der Waals surface area contributed by atoms with E-state index < -0.39 is 5.97 Å². The summed E-state index contributed by atoms with van der Waals surface area (Å²) in [6, 6.07) is 16.6. The molecule has 0 aliphatic carbocycles. The van der Waals surface area contributed by atoms with Gasteiger partial charge >= 0.3 is 5.97 Å². The van der Waals surface area contributed by atoms with Gasteiger partial charge in [-0.15, -0.1) is 0 Å². The molecule has 26 heavy (non-hydrogen) atoms. The number of ether oxygens (including phenoxy) is 2. The van der Waals surface area contributed by atoms with E-state index in [9.17, 15) is 9.59 Å². The third-order valence-corrected chi connectivity index (χ3v) is 3.59. The van der Waals surface area contributed by atoms with Crippen LogP contribution in [0.5, 0.6) is 5.75 Å². The molecule has 0 aliphatic rings. The zero-order valence-corrected chi connectivity index (χ0v) is 15.2. The molecule has 0 aromatic heterocycles. The van der Waals surface area contributed by atoms with Gasteiger partial charge in [0.15, 0.2) is 6.61 Å². The minimum atomic E-state index is -0.529.